The van der Waals surface area contributed by atoms with Gasteiger partial charge in [-0.3, -0.25) is 0 Å². The number of fused-ring (bicyclic) bond motifs is 1. The summed E-state index contributed by atoms with van der Waals surface area (Å²) >= 11 is 2.78. The molecule has 2 rings (SSSR count). The van der Waals surface area contributed by atoms with Gasteiger partial charge in [-0.2, -0.15) is 0 Å². The van der Waals surface area contributed by atoms with Crippen molar-refractivity contribution in [2.24, 2.45) is 0 Å². The second-order valence-electron chi connectivity index (χ2n) is 2.52. The van der Waals surface area contributed by atoms with Crippen LogP contribution in [0.1, 0.15) is 0 Å². The van der Waals surface area contributed by atoms with Gasteiger partial charge in [-0.05, 0) is 0 Å². The van der Waals surface area contributed by atoms with Crippen molar-refractivity contribution in [3.63, 3.8) is 0 Å². The van der Waals surface area contributed by atoms with Crippen molar-refractivity contribution in [1.29, 1.82) is 0 Å². The van der Waals surface area contributed by atoms with Gasteiger partial charge in [-0.25, -0.2) is 0 Å². The predicted octanol–water partition coefficient (Wildman–Crippen LogP) is 1.82. The summed E-state index contributed by atoms with van der Waals surface area (Å²) in [5, 5.41) is 1.13. The first-order valence-electron chi connectivity index (χ1n) is 3.58. The van der Waals surface area contributed by atoms with Crippen LogP contribution in [0.4, 0.5) is 5.13 Å². The molecule has 0 bridgehead atoms. The van der Waals surface area contributed by atoms with Crippen molar-refractivity contribution in [1.82, 2.24) is 4.98 Å². The van der Waals surface area contributed by atoms with Gasteiger partial charge in [0.05, 0.1) is 0 Å². The normalized spacial score (nSPS) is 10.5. The summed E-state index contributed by atoms with van der Waals surface area (Å²) in [5.74, 6) is 0. The standard InChI is InChI=1S/C8H7N2S.Pb/c1-9-8-10-6-4-2-3-5-7(6)11-8;/h2-5H,1H3;/q-1;+1. The van der Waals surface area contributed by atoms with Crippen LogP contribution in [0.5, 0.6) is 0 Å². The monoisotopic (exact) mass is 371 g/mol. The molecule has 0 N–H and O–H groups in total. The van der Waals surface area contributed by atoms with E-state index < -0.39 is 0 Å². The van der Waals surface area contributed by atoms with Crippen LogP contribution in [0.2, 0.25) is 0 Å². The SMILES string of the molecule is C[N]([Pb])c1nc2ccccc2s1. The zero-order valence-electron chi connectivity index (χ0n) is 6.61. The Morgan fingerprint density at radius 3 is 2.83 bits per heavy atom. The topological polar surface area (TPSA) is 16.1 Å². The molecule has 0 fully saturated rings. The Bertz CT molecular complexity index is 364. The molecular weight excluding hydrogens is 363 g/mol. The average molecular weight is 370 g/mol. The molecule has 1 aromatic carbocycles. The number of hydrogen-bond acceptors (Lipinski definition) is 3. The minimum atomic E-state index is 1.03. The van der Waals surface area contributed by atoms with Crippen LogP contribution < -0.4 is 2.71 Å². The Labute approximate surface area is 91.3 Å². The first-order valence-corrected chi connectivity index (χ1v) is 6.13. The van der Waals surface area contributed by atoms with E-state index in [1.54, 1.807) is 11.3 Å². The molecule has 0 atom stereocenters. The molecule has 3 radical (unpaired) electrons. The van der Waals surface area contributed by atoms with Crippen LogP contribution in [0, 0.1) is 0 Å². The number of hydrogen-bond donors (Lipinski definition) is 0. The van der Waals surface area contributed by atoms with Crippen LogP contribution in [0.3, 0.4) is 0 Å². The van der Waals surface area contributed by atoms with Crippen molar-refractivity contribution in [3.8, 4) is 0 Å². The minimum absolute atomic E-state index is 1.03. The summed E-state index contributed by atoms with van der Waals surface area (Å²) in [7, 11) is 2.07. The molecule has 59 valence electrons. The molecular formula is C8H7N2PbS. The van der Waals surface area contributed by atoms with E-state index in [2.05, 4.69) is 32.9 Å². The number of anilines is 1. The molecule has 1 heterocycles. The Balaban J connectivity index is 2.62. The van der Waals surface area contributed by atoms with Crippen molar-refractivity contribution < 1.29 is 0 Å². The Kier molecular flexibility index (Phi) is 2.31. The van der Waals surface area contributed by atoms with E-state index in [4.69, 9.17) is 0 Å². The van der Waals surface area contributed by atoms with Crippen LogP contribution in [0.25, 0.3) is 10.2 Å². The fourth-order valence-electron chi connectivity index (χ4n) is 1.00. The predicted molar refractivity (Wildman–Crippen MR) is 53.8 cm³/mol. The van der Waals surface area contributed by atoms with Crippen molar-refractivity contribution >= 4 is 52.8 Å². The second kappa shape index (κ2) is 3.29. The van der Waals surface area contributed by atoms with Crippen molar-refractivity contribution in [2.75, 3.05) is 9.76 Å². The van der Waals surface area contributed by atoms with Crippen LogP contribution in [0.15, 0.2) is 24.3 Å². The first-order chi connectivity index (χ1) is 5.77. The number of aromatic nitrogens is 1. The summed E-state index contributed by atoms with van der Waals surface area (Å²) in [5.41, 5.74) is 1.11. The Morgan fingerprint density at radius 1 is 1.42 bits per heavy atom. The van der Waals surface area contributed by atoms with E-state index in [0.717, 1.165) is 36.7 Å². The van der Waals surface area contributed by atoms with Gasteiger partial charge < -0.3 is 0 Å². The zero-order chi connectivity index (χ0) is 8.55. The molecule has 0 aliphatic heterocycles. The van der Waals surface area contributed by atoms with Crippen molar-refractivity contribution in [2.45, 2.75) is 0 Å². The number of thiazole rings is 1. The molecule has 0 aliphatic carbocycles. The number of benzene rings is 1. The van der Waals surface area contributed by atoms with Gasteiger partial charge in [0, 0.05) is 0 Å². The maximum atomic E-state index is 4.49. The van der Waals surface area contributed by atoms with Gasteiger partial charge in [-0.1, -0.05) is 0 Å². The third kappa shape index (κ3) is 1.47. The third-order valence-corrected chi connectivity index (χ3v) is 4.14. The molecule has 2 aromatic rings. The van der Waals surface area contributed by atoms with Gasteiger partial charge >= 0.3 is 91.8 Å². The summed E-state index contributed by atoms with van der Waals surface area (Å²) in [6.07, 6.45) is 0. The van der Waals surface area contributed by atoms with Gasteiger partial charge in [0.15, 0.2) is 0 Å². The van der Waals surface area contributed by atoms with Gasteiger partial charge in [0.2, 0.25) is 0 Å². The fraction of sp³-hybridized carbons (Fsp3) is 0.125. The molecule has 0 amide bonds. The van der Waals surface area contributed by atoms with Gasteiger partial charge in [0.1, 0.15) is 0 Å². The second-order valence-corrected chi connectivity index (χ2v) is 6.14. The molecule has 0 unspecified atom stereocenters. The van der Waals surface area contributed by atoms with Gasteiger partial charge in [-0.15, -0.1) is 0 Å². The summed E-state index contributed by atoms with van der Waals surface area (Å²) in [6.45, 7) is 0. The molecule has 4 heteroatoms. The Hall–Kier alpha value is -0.168. The summed E-state index contributed by atoms with van der Waals surface area (Å²) < 4.78 is 3.44. The Morgan fingerprint density at radius 2 is 2.17 bits per heavy atom. The quantitative estimate of drug-likeness (QED) is 0.712. The molecule has 0 saturated heterocycles. The molecule has 12 heavy (non-hydrogen) atoms. The van der Waals surface area contributed by atoms with E-state index in [1.807, 2.05) is 6.07 Å². The number of para-hydroxylation sites is 1. The maximum absolute atomic E-state index is 4.49. The van der Waals surface area contributed by atoms with Gasteiger partial charge in [0.25, 0.3) is 0 Å². The molecule has 0 saturated carbocycles. The van der Waals surface area contributed by atoms with Crippen molar-refractivity contribution in [3.05, 3.63) is 24.3 Å². The van der Waals surface area contributed by atoms with E-state index in [-0.39, 0.29) is 0 Å². The van der Waals surface area contributed by atoms with E-state index in [1.165, 1.54) is 4.70 Å². The molecule has 0 aliphatic rings. The third-order valence-electron chi connectivity index (χ3n) is 1.57. The average Bonchev–Trinajstić information content (AvgIpc) is 2.46. The molecule has 1 aromatic heterocycles. The summed E-state index contributed by atoms with van der Waals surface area (Å²) in [6, 6.07) is 8.25. The van der Waals surface area contributed by atoms with E-state index in [9.17, 15) is 0 Å². The molecule has 0 spiro atoms. The van der Waals surface area contributed by atoms with Crippen LogP contribution in [-0.2, 0) is 0 Å². The number of nitrogens with zero attached hydrogens (tertiary/aromatic N) is 2. The van der Waals surface area contributed by atoms with E-state index in [0.29, 0.717) is 0 Å². The van der Waals surface area contributed by atoms with Crippen LogP contribution in [-0.4, -0.2) is 38.1 Å². The number of rotatable bonds is 1. The first kappa shape index (κ1) is 8.43. The zero-order valence-corrected chi connectivity index (χ0v) is 11.3. The summed E-state index contributed by atoms with van der Waals surface area (Å²) in [4.78, 5) is 4.49. The fourth-order valence-corrected chi connectivity index (χ4v) is 2.57. The van der Waals surface area contributed by atoms with E-state index >= 15 is 0 Å². The molecule has 2 nitrogen and oxygen atoms in total. The van der Waals surface area contributed by atoms with Crippen LogP contribution >= 0.6 is 11.3 Å².